The zero-order valence-electron chi connectivity index (χ0n) is 19.3. The number of nitrogens with one attached hydrogen (secondary N) is 3. The number of carboxylic acid groups (broad SMARTS) is 1. The molecule has 1 aromatic carbocycles. The van der Waals surface area contributed by atoms with Crippen LogP contribution in [0.1, 0.15) is 40.6 Å². The molecule has 36 heavy (non-hydrogen) atoms. The van der Waals surface area contributed by atoms with E-state index in [4.69, 9.17) is 9.90 Å². The average Bonchev–Trinajstić information content (AvgIpc) is 3.33. The number of aliphatic carboxylic acids is 1. The second-order valence-corrected chi connectivity index (χ2v) is 8.07. The van der Waals surface area contributed by atoms with E-state index >= 15 is 0 Å². The number of carbonyl (C=O) groups is 2. The highest BCUT2D eigenvalue weighted by molar-refractivity contribution is 5.95. The third-order valence-electron chi connectivity index (χ3n) is 5.48. The summed E-state index contributed by atoms with van der Waals surface area (Å²) in [5, 5.41) is 21.6. The summed E-state index contributed by atoms with van der Waals surface area (Å²) in [6.45, 7) is 3.98. The molecule has 0 radical (unpaired) electrons. The van der Waals surface area contributed by atoms with Gasteiger partial charge in [-0.2, -0.15) is 13.2 Å². The minimum absolute atomic E-state index is 0.0835. The van der Waals surface area contributed by atoms with Crippen molar-refractivity contribution in [2.45, 2.75) is 38.5 Å². The van der Waals surface area contributed by atoms with Crippen molar-refractivity contribution in [2.24, 2.45) is 0 Å². The Morgan fingerprint density at radius 1 is 1.19 bits per heavy atom. The lowest BCUT2D eigenvalue weighted by Crippen LogP contribution is -2.30. The topological polar surface area (TPSA) is 142 Å². The molecule has 192 valence electrons. The van der Waals surface area contributed by atoms with Crippen molar-refractivity contribution in [3.8, 4) is 11.1 Å². The van der Waals surface area contributed by atoms with E-state index in [2.05, 4.69) is 25.9 Å². The van der Waals surface area contributed by atoms with Crippen molar-refractivity contribution in [3.63, 3.8) is 0 Å². The summed E-state index contributed by atoms with van der Waals surface area (Å²) in [5.41, 5.74) is 2.84. The highest BCUT2D eigenvalue weighted by atomic mass is 19.4. The Balaban J connectivity index is 0.000000454. The van der Waals surface area contributed by atoms with Crippen molar-refractivity contribution in [3.05, 3.63) is 69.9 Å². The normalized spacial score (nSPS) is 14.0. The first-order valence-electron chi connectivity index (χ1n) is 11.1. The molecular formula is C23H25F3N6O4. The number of aryl methyl sites for hydroxylation is 1. The first-order chi connectivity index (χ1) is 17.1. The molecule has 0 bridgehead atoms. The minimum atomic E-state index is -5.08. The fourth-order valence-corrected chi connectivity index (χ4v) is 3.62. The molecule has 1 aliphatic rings. The van der Waals surface area contributed by atoms with Crippen molar-refractivity contribution in [1.29, 1.82) is 0 Å². The maximum absolute atomic E-state index is 12.6. The summed E-state index contributed by atoms with van der Waals surface area (Å²) in [4.78, 5) is 36.7. The number of aromatic nitrogens is 4. The molecule has 0 spiro atoms. The second kappa shape index (κ2) is 11.6. The standard InChI is InChI=1S/C21H24N6O2.C2HF3O2/c1-14-18(15-5-3-2-4-6-15)11-19(21(29)24-14)20(28)23-12-16-13-27(26-25-16)17-7-9-22-10-8-17;3-2(4,5)1(6)7/h2-6,11,13,17,22H,7-10,12H2,1H3,(H,23,28)(H,24,29);(H,6,7). The molecule has 0 saturated carbocycles. The Labute approximate surface area is 203 Å². The minimum Gasteiger partial charge on any atom is -0.475 e. The predicted octanol–water partition coefficient (Wildman–Crippen LogP) is 2.43. The number of alkyl halides is 3. The lowest BCUT2D eigenvalue weighted by Gasteiger charge is -2.22. The number of hydrogen-bond acceptors (Lipinski definition) is 6. The van der Waals surface area contributed by atoms with Crippen molar-refractivity contribution in [1.82, 2.24) is 30.6 Å². The van der Waals surface area contributed by atoms with Crippen LogP contribution in [-0.2, 0) is 11.3 Å². The van der Waals surface area contributed by atoms with Crippen LogP contribution < -0.4 is 16.2 Å². The van der Waals surface area contributed by atoms with E-state index in [1.54, 1.807) is 6.07 Å². The third-order valence-corrected chi connectivity index (χ3v) is 5.48. The quantitative estimate of drug-likeness (QED) is 0.416. The number of pyridine rings is 1. The molecule has 3 heterocycles. The van der Waals surface area contributed by atoms with Gasteiger partial charge in [-0.15, -0.1) is 5.10 Å². The number of amides is 1. The van der Waals surface area contributed by atoms with Crippen LogP contribution in [0.2, 0.25) is 0 Å². The number of rotatable bonds is 5. The van der Waals surface area contributed by atoms with Gasteiger partial charge in [0.05, 0.1) is 18.8 Å². The van der Waals surface area contributed by atoms with Crippen LogP contribution in [0.25, 0.3) is 11.1 Å². The predicted molar refractivity (Wildman–Crippen MR) is 123 cm³/mol. The van der Waals surface area contributed by atoms with Gasteiger partial charge < -0.3 is 20.7 Å². The summed E-state index contributed by atoms with van der Waals surface area (Å²) in [6, 6.07) is 11.6. The summed E-state index contributed by atoms with van der Waals surface area (Å²) in [5.74, 6) is -3.19. The Morgan fingerprint density at radius 2 is 1.83 bits per heavy atom. The first-order valence-corrected chi connectivity index (χ1v) is 11.1. The number of H-pyrrole nitrogens is 1. The summed E-state index contributed by atoms with van der Waals surface area (Å²) in [7, 11) is 0. The van der Waals surface area contributed by atoms with E-state index in [0.29, 0.717) is 11.7 Å². The van der Waals surface area contributed by atoms with Gasteiger partial charge in [0.1, 0.15) is 11.3 Å². The molecule has 4 rings (SSSR count). The monoisotopic (exact) mass is 506 g/mol. The van der Waals surface area contributed by atoms with Crippen LogP contribution in [0.3, 0.4) is 0 Å². The molecule has 0 unspecified atom stereocenters. The zero-order valence-corrected chi connectivity index (χ0v) is 19.3. The SMILES string of the molecule is Cc1[nH]c(=O)c(C(=O)NCc2cn(C3CCNCC3)nn2)cc1-c1ccccc1.O=C(O)C(F)(F)F. The van der Waals surface area contributed by atoms with Gasteiger partial charge in [0.2, 0.25) is 0 Å². The number of piperidine rings is 1. The van der Waals surface area contributed by atoms with Gasteiger partial charge in [0.25, 0.3) is 11.5 Å². The highest BCUT2D eigenvalue weighted by Crippen LogP contribution is 2.21. The van der Waals surface area contributed by atoms with Gasteiger partial charge in [0, 0.05) is 11.3 Å². The molecule has 1 saturated heterocycles. The summed E-state index contributed by atoms with van der Waals surface area (Å²) >= 11 is 0. The fraction of sp³-hybridized carbons (Fsp3) is 0.348. The molecule has 1 amide bonds. The van der Waals surface area contributed by atoms with Gasteiger partial charge in [0.15, 0.2) is 0 Å². The molecule has 2 aromatic heterocycles. The maximum atomic E-state index is 12.6. The van der Waals surface area contributed by atoms with Gasteiger partial charge in [-0.1, -0.05) is 35.5 Å². The fourth-order valence-electron chi connectivity index (χ4n) is 3.62. The smallest absolute Gasteiger partial charge is 0.475 e. The van der Waals surface area contributed by atoms with Gasteiger partial charge in [-0.05, 0) is 44.5 Å². The number of carbonyl (C=O) groups excluding carboxylic acids is 1. The number of hydrogen-bond donors (Lipinski definition) is 4. The lowest BCUT2D eigenvalue weighted by atomic mass is 10.0. The number of nitrogens with zero attached hydrogens (tertiary/aromatic N) is 3. The van der Waals surface area contributed by atoms with E-state index < -0.39 is 23.6 Å². The molecule has 1 aliphatic heterocycles. The number of aromatic amines is 1. The van der Waals surface area contributed by atoms with Crippen LogP contribution >= 0.6 is 0 Å². The highest BCUT2D eigenvalue weighted by Gasteiger charge is 2.38. The van der Waals surface area contributed by atoms with Crippen LogP contribution in [0.5, 0.6) is 0 Å². The Kier molecular flexibility index (Phi) is 8.59. The lowest BCUT2D eigenvalue weighted by molar-refractivity contribution is -0.192. The maximum Gasteiger partial charge on any atom is 0.490 e. The van der Waals surface area contributed by atoms with Crippen molar-refractivity contribution < 1.29 is 27.9 Å². The van der Waals surface area contributed by atoms with Crippen LogP contribution in [0.15, 0.2) is 47.4 Å². The van der Waals surface area contributed by atoms with E-state index in [-0.39, 0.29) is 12.1 Å². The number of benzene rings is 1. The van der Waals surface area contributed by atoms with E-state index in [9.17, 15) is 22.8 Å². The number of carboxylic acids is 1. The van der Waals surface area contributed by atoms with E-state index in [1.807, 2.05) is 48.1 Å². The molecule has 4 N–H and O–H groups in total. The molecule has 0 aliphatic carbocycles. The Hall–Kier alpha value is -4.00. The molecule has 3 aromatic rings. The first kappa shape index (κ1) is 26.6. The Bertz CT molecular complexity index is 1250. The van der Waals surface area contributed by atoms with Crippen molar-refractivity contribution in [2.75, 3.05) is 13.1 Å². The summed E-state index contributed by atoms with van der Waals surface area (Å²) in [6.07, 6.45) is -1.20. The van der Waals surface area contributed by atoms with Crippen LogP contribution in [-0.4, -0.2) is 56.2 Å². The molecular weight excluding hydrogens is 481 g/mol. The van der Waals surface area contributed by atoms with Gasteiger partial charge in [-0.25, -0.2) is 9.48 Å². The number of halogens is 3. The zero-order chi connectivity index (χ0) is 26.3. The largest absolute Gasteiger partial charge is 0.490 e. The Morgan fingerprint density at radius 3 is 2.44 bits per heavy atom. The molecule has 1 fully saturated rings. The van der Waals surface area contributed by atoms with E-state index in [1.165, 1.54) is 0 Å². The van der Waals surface area contributed by atoms with Gasteiger partial charge >= 0.3 is 12.1 Å². The third kappa shape index (κ3) is 7.01. The van der Waals surface area contributed by atoms with E-state index in [0.717, 1.165) is 42.8 Å². The molecule has 13 heteroatoms. The van der Waals surface area contributed by atoms with Gasteiger partial charge in [-0.3, -0.25) is 9.59 Å². The molecule has 0 atom stereocenters. The second-order valence-electron chi connectivity index (χ2n) is 8.07. The summed E-state index contributed by atoms with van der Waals surface area (Å²) < 4.78 is 33.6. The average molecular weight is 506 g/mol. The van der Waals surface area contributed by atoms with Crippen LogP contribution in [0.4, 0.5) is 13.2 Å². The molecule has 10 nitrogen and oxygen atoms in total. The van der Waals surface area contributed by atoms with Crippen molar-refractivity contribution >= 4 is 11.9 Å². The van der Waals surface area contributed by atoms with Crippen LogP contribution in [0, 0.1) is 6.92 Å².